The van der Waals surface area contributed by atoms with Gasteiger partial charge in [-0.1, -0.05) is 30.3 Å². The summed E-state index contributed by atoms with van der Waals surface area (Å²) >= 11 is 0. The Morgan fingerprint density at radius 2 is 1.61 bits per heavy atom. The first-order chi connectivity index (χ1) is 15.9. The molecule has 8 heteroatoms. The third kappa shape index (κ3) is 4.36. The fraction of sp³-hybridized carbons (Fsp3) is 0.120. The summed E-state index contributed by atoms with van der Waals surface area (Å²) in [5.41, 5.74) is 1.35. The predicted octanol–water partition coefficient (Wildman–Crippen LogP) is 3.14. The van der Waals surface area contributed by atoms with Gasteiger partial charge in [0, 0.05) is 12.0 Å². The Labute approximate surface area is 188 Å². The van der Waals surface area contributed by atoms with Crippen LogP contribution < -0.4 is 10.2 Å². The number of benzene rings is 3. The molecule has 4 rings (SSSR count). The van der Waals surface area contributed by atoms with Gasteiger partial charge in [-0.3, -0.25) is 14.4 Å². The van der Waals surface area contributed by atoms with E-state index in [1.807, 2.05) is 30.3 Å². The minimum atomic E-state index is -0.939. The van der Waals surface area contributed by atoms with Crippen LogP contribution in [-0.4, -0.2) is 36.8 Å². The molecule has 3 amide bonds. The number of rotatable bonds is 6. The Balaban J connectivity index is 1.57. The molecular weight excluding hydrogens is 427 g/mol. The van der Waals surface area contributed by atoms with E-state index < -0.39 is 35.5 Å². The highest BCUT2D eigenvalue weighted by Crippen LogP contribution is 2.29. The first-order valence-electron chi connectivity index (χ1n) is 10.1. The van der Waals surface area contributed by atoms with Gasteiger partial charge in [0.15, 0.2) is 0 Å². The maximum absolute atomic E-state index is 13.2. The van der Waals surface area contributed by atoms with Crippen molar-refractivity contribution < 1.29 is 28.3 Å². The van der Waals surface area contributed by atoms with Gasteiger partial charge in [0.05, 0.1) is 23.9 Å². The number of methoxy groups -OCH3 is 1. The van der Waals surface area contributed by atoms with Gasteiger partial charge in [-0.2, -0.15) is 0 Å². The second kappa shape index (κ2) is 9.04. The molecule has 0 radical (unpaired) electrons. The number of halogens is 1. The number of anilines is 1. The van der Waals surface area contributed by atoms with Crippen molar-refractivity contribution in [1.29, 1.82) is 0 Å². The molecule has 1 N–H and O–H groups in total. The van der Waals surface area contributed by atoms with Gasteiger partial charge in [-0.05, 0) is 48.0 Å². The molecule has 0 spiro atoms. The molecule has 1 atom stereocenters. The lowest BCUT2D eigenvalue weighted by Gasteiger charge is -2.17. The van der Waals surface area contributed by atoms with Gasteiger partial charge in [0.2, 0.25) is 0 Å². The van der Waals surface area contributed by atoms with Crippen molar-refractivity contribution in [3.05, 3.63) is 101 Å². The zero-order valence-electron chi connectivity index (χ0n) is 17.6. The monoisotopic (exact) mass is 446 g/mol. The fourth-order valence-corrected chi connectivity index (χ4v) is 3.63. The van der Waals surface area contributed by atoms with Crippen LogP contribution in [0.2, 0.25) is 0 Å². The van der Waals surface area contributed by atoms with Crippen molar-refractivity contribution in [2.24, 2.45) is 0 Å². The van der Waals surface area contributed by atoms with Crippen molar-refractivity contribution in [1.82, 2.24) is 5.32 Å². The minimum absolute atomic E-state index is 0.0506. The number of imide groups is 1. The van der Waals surface area contributed by atoms with Gasteiger partial charge >= 0.3 is 5.97 Å². The van der Waals surface area contributed by atoms with E-state index in [1.54, 1.807) is 0 Å². The van der Waals surface area contributed by atoms with Crippen molar-refractivity contribution in [3.8, 4) is 0 Å². The molecule has 0 aromatic heterocycles. The van der Waals surface area contributed by atoms with E-state index in [1.165, 1.54) is 37.4 Å². The van der Waals surface area contributed by atoms with Crippen LogP contribution in [0.25, 0.3) is 0 Å². The van der Waals surface area contributed by atoms with Crippen LogP contribution in [0.1, 0.15) is 36.6 Å². The lowest BCUT2D eigenvalue weighted by atomic mass is 10.0. The average molecular weight is 446 g/mol. The molecule has 0 unspecified atom stereocenters. The van der Waals surface area contributed by atoms with E-state index in [9.17, 15) is 23.6 Å². The summed E-state index contributed by atoms with van der Waals surface area (Å²) in [5, 5.41) is 2.63. The summed E-state index contributed by atoms with van der Waals surface area (Å²) in [6.07, 6.45) is 0.222. The second-order valence-corrected chi connectivity index (χ2v) is 7.42. The quantitative estimate of drug-likeness (QED) is 0.464. The predicted molar refractivity (Wildman–Crippen MR) is 117 cm³/mol. The smallest absolute Gasteiger partial charge is 0.328 e. The SMILES string of the molecule is COC(=O)[C@@H](Cc1ccccc1)NC(=O)c1ccc2c(c1)C(=O)N(c1ccc(F)cc1)C2=O. The highest BCUT2D eigenvalue weighted by Gasteiger charge is 2.37. The van der Waals surface area contributed by atoms with Crippen LogP contribution in [0, 0.1) is 5.82 Å². The van der Waals surface area contributed by atoms with Crippen molar-refractivity contribution in [3.63, 3.8) is 0 Å². The largest absolute Gasteiger partial charge is 0.467 e. The first kappa shape index (κ1) is 21.9. The van der Waals surface area contributed by atoms with E-state index >= 15 is 0 Å². The third-order valence-corrected chi connectivity index (χ3v) is 5.31. The minimum Gasteiger partial charge on any atom is -0.467 e. The molecule has 7 nitrogen and oxygen atoms in total. The summed E-state index contributed by atoms with van der Waals surface area (Å²) < 4.78 is 18.0. The molecule has 0 saturated carbocycles. The molecule has 0 bridgehead atoms. The Bertz CT molecular complexity index is 1240. The number of carbonyl (C=O) groups is 4. The van der Waals surface area contributed by atoms with Crippen LogP contribution in [0.3, 0.4) is 0 Å². The van der Waals surface area contributed by atoms with Crippen LogP contribution >= 0.6 is 0 Å². The zero-order valence-corrected chi connectivity index (χ0v) is 17.6. The van der Waals surface area contributed by atoms with E-state index in [2.05, 4.69) is 5.32 Å². The van der Waals surface area contributed by atoms with E-state index in [0.717, 1.165) is 22.6 Å². The molecular formula is C25H19FN2O5. The van der Waals surface area contributed by atoms with Gasteiger partial charge in [0.25, 0.3) is 17.7 Å². The Morgan fingerprint density at radius 1 is 0.939 bits per heavy atom. The zero-order chi connectivity index (χ0) is 23.5. The number of nitrogens with one attached hydrogen (secondary N) is 1. The average Bonchev–Trinajstić information content (AvgIpc) is 3.08. The van der Waals surface area contributed by atoms with Gasteiger partial charge < -0.3 is 10.1 Å². The molecule has 1 aliphatic heterocycles. The Hall–Kier alpha value is -4.33. The first-order valence-corrected chi connectivity index (χ1v) is 10.1. The molecule has 1 heterocycles. The summed E-state index contributed by atoms with van der Waals surface area (Å²) in [6, 6.07) is 17.3. The van der Waals surface area contributed by atoms with Crippen molar-refractivity contribution in [2.45, 2.75) is 12.5 Å². The number of esters is 1. The van der Waals surface area contributed by atoms with Crippen LogP contribution in [0.4, 0.5) is 10.1 Å². The van der Waals surface area contributed by atoms with Crippen molar-refractivity contribution >= 4 is 29.4 Å². The normalized spacial score (nSPS) is 13.5. The maximum atomic E-state index is 13.2. The molecule has 1 aliphatic rings. The molecule has 0 saturated heterocycles. The lowest BCUT2D eigenvalue weighted by molar-refractivity contribution is -0.142. The summed E-state index contributed by atoms with van der Waals surface area (Å²) in [7, 11) is 1.23. The van der Waals surface area contributed by atoms with Gasteiger partial charge in [0.1, 0.15) is 11.9 Å². The highest BCUT2D eigenvalue weighted by molar-refractivity contribution is 6.34. The summed E-state index contributed by atoms with van der Waals surface area (Å²) in [4.78, 5) is 51.6. The standard InChI is InChI=1S/C25H19FN2O5/c1-33-25(32)21(13-15-5-3-2-4-6-15)27-22(29)16-7-12-19-20(14-16)24(31)28(23(19)30)18-10-8-17(26)9-11-18/h2-12,14,21H,13H2,1H3,(H,27,29)/t21-/m1/s1. The molecule has 3 aromatic rings. The second-order valence-electron chi connectivity index (χ2n) is 7.42. The van der Waals surface area contributed by atoms with E-state index in [-0.39, 0.29) is 28.8 Å². The van der Waals surface area contributed by atoms with E-state index in [4.69, 9.17) is 4.74 Å². The Kier molecular flexibility index (Phi) is 5.99. The third-order valence-electron chi connectivity index (χ3n) is 5.31. The Morgan fingerprint density at radius 3 is 2.27 bits per heavy atom. The molecule has 3 aromatic carbocycles. The van der Waals surface area contributed by atoms with Gasteiger partial charge in [-0.25, -0.2) is 14.1 Å². The number of nitrogens with zero attached hydrogens (tertiary/aromatic N) is 1. The fourth-order valence-electron chi connectivity index (χ4n) is 3.63. The maximum Gasteiger partial charge on any atom is 0.328 e. The molecule has 166 valence electrons. The summed E-state index contributed by atoms with van der Waals surface area (Å²) in [5.74, 6) is -2.88. The number of ether oxygens (including phenoxy) is 1. The molecule has 0 aliphatic carbocycles. The van der Waals surface area contributed by atoms with Gasteiger partial charge in [-0.15, -0.1) is 0 Å². The van der Waals surface area contributed by atoms with E-state index in [0.29, 0.717) is 0 Å². The topological polar surface area (TPSA) is 92.8 Å². The number of amides is 3. The molecule has 33 heavy (non-hydrogen) atoms. The number of hydrogen-bond donors (Lipinski definition) is 1. The number of carbonyl (C=O) groups excluding carboxylic acids is 4. The van der Waals surface area contributed by atoms with Crippen LogP contribution in [-0.2, 0) is 16.0 Å². The van der Waals surface area contributed by atoms with Crippen LogP contribution in [0.15, 0.2) is 72.8 Å². The highest BCUT2D eigenvalue weighted by atomic mass is 19.1. The number of fused-ring (bicyclic) bond motifs is 1. The van der Waals surface area contributed by atoms with Crippen LogP contribution in [0.5, 0.6) is 0 Å². The van der Waals surface area contributed by atoms with Crippen molar-refractivity contribution in [2.75, 3.05) is 12.0 Å². The number of hydrogen-bond acceptors (Lipinski definition) is 5. The lowest BCUT2D eigenvalue weighted by Crippen LogP contribution is -2.43. The summed E-state index contributed by atoms with van der Waals surface area (Å²) in [6.45, 7) is 0. The molecule has 0 fully saturated rings.